The van der Waals surface area contributed by atoms with Gasteiger partial charge in [-0.3, -0.25) is 4.79 Å². The second-order valence-corrected chi connectivity index (χ2v) is 7.06. The number of rotatable bonds is 6. The van der Waals surface area contributed by atoms with Gasteiger partial charge in [0.2, 0.25) is 5.89 Å². The van der Waals surface area contributed by atoms with E-state index < -0.39 is 0 Å². The van der Waals surface area contributed by atoms with Gasteiger partial charge in [0.25, 0.3) is 5.91 Å². The molecule has 1 heterocycles. The van der Waals surface area contributed by atoms with Gasteiger partial charge in [-0.05, 0) is 67.4 Å². The number of hydrogen-bond donors (Lipinski definition) is 1. The molecule has 1 amide bonds. The molecule has 0 aliphatic heterocycles. The van der Waals surface area contributed by atoms with Gasteiger partial charge in [-0.15, -0.1) is 0 Å². The maximum atomic E-state index is 12.5. The van der Waals surface area contributed by atoms with Crippen molar-refractivity contribution in [1.82, 2.24) is 4.98 Å². The number of anilines is 1. The third-order valence-electron chi connectivity index (χ3n) is 4.58. The number of fused-ring (bicyclic) bond motifs is 1. The lowest BCUT2D eigenvalue weighted by molar-refractivity contribution is -0.118. The predicted octanol–water partition coefficient (Wildman–Crippen LogP) is 5.14. The Morgan fingerprint density at radius 1 is 1.03 bits per heavy atom. The third-order valence-corrected chi connectivity index (χ3v) is 4.58. The molecule has 0 saturated heterocycles. The third kappa shape index (κ3) is 4.27. The van der Waals surface area contributed by atoms with Gasteiger partial charge in [0, 0.05) is 5.56 Å². The zero-order chi connectivity index (χ0) is 21.1. The number of oxazole rings is 1. The fraction of sp³-hybridized carbons (Fsp3) is 0.167. The summed E-state index contributed by atoms with van der Waals surface area (Å²) in [7, 11) is 1.55. The van der Waals surface area contributed by atoms with Crippen LogP contribution < -0.4 is 14.8 Å². The van der Waals surface area contributed by atoms with E-state index >= 15 is 0 Å². The second-order valence-electron chi connectivity index (χ2n) is 7.06. The first-order chi connectivity index (χ1) is 14.5. The highest BCUT2D eigenvalue weighted by molar-refractivity contribution is 5.94. The molecule has 4 aromatic rings. The fourth-order valence-corrected chi connectivity index (χ4v) is 3.29. The van der Waals surface area contributed by atoms with Gasteiger partial charge in [0.15, 0.2) is 12.2 Å². The Hall–Kier alpha value is -3.80. The number of nitrogens with zero attached hydrogens (tertiary/aromatic N) is 1. The lowest BCUT2D eigenvalue weighted by Crippen LogP contribution is -2.20. The van der Waals surface area contributed by atoms with Crippen molar-refractivity contribution in [3.05, 3.63) is 71.8 Å². The van der Waals surface area contributed by atoms with Crippen LogP contribution in [0.1, 0.15) is 11.1 Å². The molecule has 1 N–H and O–H groups in total. The normalized spacial score (nSPS) is 10.8. The average Bonchev–Trinajstić information content (AvgIpc) is 3.16. The van der Waals surface area contributed by atoms with E-state index in [2.05, 4.69) is 16.4 Å². The predicted molar refractivity (Wildman–Crippen MR) is 116 cm³/mol. The number of aryl methyl sites for hydroxylation is 2. The molecule has 0 saturated carbocycles. The number of benzene rings is 3. The molecule has 0 fully saturated rings. The molecule has 0 unspecified atom stereocenters. The van der Waals surface area contributed by atoms with Gasteiger partial charge < -0.3 is 19.2 Å². The first-order valence-corrected chi connectivity index (χ1v) is 9.57. The second kappa shape index (κ2) is 8.29. The molecule has 0 radical (unpaired) electrons. The summed E-state index contributed by atoms with van der Waals surface area (Å²) in [5, 5.41) is 2.85. The largest absolute Gasteiger partial charge is 0.495 e. The Bertz CT molecular complexity index is 1160. The molecule has 6 nitrogen and oxygen atoms in total. The van der Waals surface area contributed by atoms with E-state index in [1.165, 1.54) is 0 Å². The molecule has 0 atom stereocenters. The van der Waals surface area contributed by atoms with Crippen LogP contribution in [0.3, 0.4) is 0 Å². The minimum atomic E-state index is -0.290. The lowest BCUT2D eigenvalue weighted by Gasteiger charge is -2.12. The summed E-state index contributed by atoms with van der Waals surface area (Å²) in [5.41, 5.74) is 4.89. The number of para-hydroxylation sites is 2. The van der Waals surface area contributed by atoms with Crippen molar-refractivity contribution < 1.29 is 18.7 Å². The minimum Gasteiger partial charge on any atom is -0.495 e. The summed E-state index contributed by atoms with van der Waals surface area (Å²) in [5.74, 6) is 1.38. The van der Waals surface area contributed by atoms with Gasteiger partial charge in [0.05, 0.1) is 12.8 Å². The number of methoxy groups -OCH3 is 1. The summed E-state index contributed by atoms with van der Waals surface area (Å²) in [6, 6.07) is 18.8. The lowest BCUT2D eigenvalue weighted by atomic mass is 10.1. The molecule has 0 bridgehead atoms. The van der Waals surface area contributed by atoms with Crippen LogP contribution in [0.5, 0.6) is 11.5 Å². The van der Waals surface area contributed by atoms with Crippen molar-refractivity contribution in [2.24, 2.45) is 0 Å². The molecule has 30 heavy (non-hydrogen) atoms. The first-order valence-electron chi connectivity index (χ1n) is 9.57. The highest BCUT2D eigenvalue weighted by atomic mass is 16.5. The molecule has 0 spiro atoms. The number of amides is 1. The van der Waals surface area contributed by atoms with Gasteiger partial charge in [-0.1, -0.05) is 18.2 Å². The van der Waals surface area contributed by atoms with Crippen LogP contribution in [0.2, 0.25) is 0 Å². The van der Waals surface area contributed by atoms with Crippen LogP contribution in [0.15, 0.2) is 65.1 Å². The SMILES string of the molecule is COc1ccc(-c2nc3ccccc3o2)cc1NC(=O)COc1cc(C)cc(C)c1. The highest BCUT2D eigenvalue weighted by Crippen LogP contribution is 2.32. The zero-order valence-electron chi connectivity index (χ0n) is 17.1. The number of aromatic nitrogens is 1. The van der Waals surface area contributed by atoms with Gasteiger partial charge in [0.1, 0.15) is 17.0 Å². The molecule has 3 aromatic carbocycles. The standard InChI is InChI=1S/C24H22N2O4/c1-15-10-16(2)12-18(11-15)29-14-23(27)25-20-13-17(8-9-21(20)28-3)24-26-19-6-4-5-7-22(19)30-24/h4-13H,14H2,1-3H3,(H,25,27). The van der Waals surface area contributed by atoms with E-state index in [1.807, 2.05) is 56.3 Å². The van der Waals surface area contributed by atoms with Crippen LogP contribution in [0, 0.1) is 13.8 Å². The number of hydrogen-bond acceptors (Lipinski definition) is 5. The van der Waals surface area contributed by atoms with E-state index in [-0.39, 0.29) is 12.5 Å². The zero-order valence-corrected chi connectivity index (χ0v) is 17.1. The van der Waals surface area contributed by atoms with Crippen molar-refractivity contribution in [2.45, 2.75) is 13.8 Å². The van der Waals surface area contributed by atoms with Crippen LogP contribution in [-0.2, 0) is 4.79 Å². The Labute approximate surface area is 174 Å². The summed E-state index contributed by atoms with van der Waals surface area (Å²) < 4.78 is 16.9. The van der Waals surface area contributed by atoms with E-state index in [4.69, 9.17) is 13.9 Å². The Kier molecular flexibility index (Phi) is 5.39. The van der Waals surface area contributed by atoms with Crippen molar-refractivity contribution in [2.75, 3.05) is 19.0 Å². The number of nitrogens with one attached hydrogen (secondary N) is 1. The Morgan fingerprint density at radius 2 is 1.80 bits per heavy atom. The molecular weight excluding hydrogens is 380 g/mol. The Morgan fingerprint density at radius 3 is 2.53 bits per heavy atom. The number of carbonyl (C=O) groups excluding carboxylic acids is 1. The maximum Gasteiger partial charge on any atom is 0.262 e. The van der Waals surface area contributed by atoms with E-state index in [9.17, 15) is 4.79 Å². The summed E-state index contributed by atoms with van der Waals surface area (Å²) in [6.07, 6.45) is 0. The molecule has 1 aromatic heterocycles. The van der Waals surface area contributed by atoms with E-state index in [1.54, 1.807) is 19.2 Å². The van der Waals surface area contributed by atoms with E-state index in [0.717, 1.165) is 22.2 Å². The van der Waals surface area contributed by atoms with Crippen molar-refractivity contribution in [3.8, 4) is 23.0 Å². The van der Waals surface area contributed by atoms with E-state index in [0.29, 0.717) is 28.7 Å². The number of ether oxygens (including phenoxy) is 2. The molecule has 4 rings (SSSR count). The average molecular weight is 402 g/mol. The smallest absolute Gasteiger partial charge is 0.262 e. The molecule has 6 heteroatoms. The maximum absolute atomic E-state index is 12.5. The topological polar surface area (TPSA) is 73.6 Å². The summed E-state index contributed by atoms with van der Waals surface area (Å²) >= 11 is 0. The molecular formula is C24H22N2O4. The molecule has 152 valence electrons. The Balaban J connectivity index is 1.52. The van der Waals surface area contributed by atoms with Gasteiger partial charge >= 0.3 is 0 Å². The fourth-order valence-electron chi connectivity index (χ4n) is 3.29. The molecule has 0 aliphatic rings. The van der Waals surface area contributed by atoms with Crippen LogP contribution in [0.4, 0.5) is 5.69 Å². The molecule has 0 aliphatic carbocycles. The summed E-state index contributed by atoms with van der Waals surface area (Å²) in [4.78, 5) is 17.0. The van der Waals surface area contributed by atoms with Gasteiger partial charge in [-0.25, -0.2) is 4.98 Å². The van der Waals surface area contributed by atoms with Crippen LogP contribution in [0.25, 0.3) is 22.6 Å². The monoisotopic (exact) mass is 402 g/mol. The quantitative estimate of drug-likeness (QED) is 0.483. The van der Waals surface area contributed by atoms with Crippen molar-refractivity contribution >= 4 is 22.7 Å². The van der Waals surface area contributed by atoms with Crippen LogP contribution >= 0.6 is 0 Å². The van der Waals surface area contributed by atoms with Crippen molar-refractivity contribution in [3.63, 3.8) is 0 Å². The highest BCUT2D eigenvalue weighted by Gasteiger charge is 2.14. The van der Waals surface area contributed by atoms with Crippen molar-refractivity contribution in [1.29, 1.82) is 0 Å². The number of carbonyl (C=O) groups is 1. The van der Waals surface area contributed by atoms with Gasteiger partial charge in [-0.2, -0.15) is 0 Å². The summed E-state index contributed by atoms with van der Waals surface area (Å²) in [6.45, 7) is 3.87. The first kappa shape index (κ1) is 19.5. The van der Waals surface area contributed by atoms with Crippen LogP contribution in [-0.4, -0.2) is 24.6 Å². The minimum absolute atomic E-state index is 0.112.